The van der Waals surface area contributed by atoms with E-state index in [1.54, 1.807) is 11.3 Å². The van der Waals surface area contributed by atoms with Crippen molar-refractivity contribution >= 4 is 28.1 Å². The molecule has 1 fully saturated rings. The van der Waals surface area contributed by atoms with Crippen molar-refractivity contribution in [2.45, 2.75) is 57.1 Å². The number of aromatic nitrogens is 4. The van der Waals surface area contributed by atoms with Gasteiger partial charge in [0.1, 0.15) is 5.01 Å². The van der Waals surface area contributed by atoms with E-state index in [1.807, 2.05) is 16.3 Å². The molecular weight excluding hydrogens is 276 g/mol. The first-order chi connectivity index (χ1) is 9.38. The molecule has 1 aliphatic rings. The van der Waals surface area contributed by atoms with Crippen molar-refractivity contribution in [2.75, 3.05) is 5.75 Å². The minimum Gasteiger partial charge on any atom is -0.186 e. The highest BCUT2D eigenvalue weighted by Crippen LogP contribution is 2.34. The Morgan fingerprint density at radius 2 is 2.11 bits per heavy atom. The lowest BCUT2D eigenvalue weighted by atomic mass is 9.90. The topological polar surface area (TPSA) is 43.1 Å². The third-order valence-electron chi connectivity index (χ3n) is 3.61. The van der Waals surface area contributed by atoms with Crippen molar-refractivity contribution < 1.29 is 0 Å². The summed E-state index contributed by atoms with van der Waals surface area (Å²) in [5.74, 6) is 3.76. The van der Waals surface area contributed by atoms with E-state index in [-0.39, 0.29) is 0 Å². The van der Waals surface area contributed by atoms with E-state index < -0.39 is 0 Å². The lowest BCUT2D eigenvalue weighted by Gasteiger charge is -2.18. The van der Waals surface area contributed by atoms with E-state index in [0.29, 0.717) is 5.92 Å². The highest BCUT2D eigenvalue weighted by molar-refractivity contribution is 7.98. The van der Waals surface area contributed by atoms with E-state index in [9.17, 15) is 0 Å². The Bertz CT molecular complexity index is 528. The number of thioether (sulfide) groups is 1. The molecule has 0 radical (unpaired) electrons. The third kappa shape index (κ3) is 2.94. The predicted molar refractivity (Wildman–Crippen MR) is 80.9 cm³/mol. The summed E-state index contributed by atoms with van der Waals surface area (Å²) < 4.78 is 1.97. The highest BCUT2D eigenvalue weighted by atomic mass is 32.2. The minimum absolute atomic E-state index is 0.664. The van der Waals surface area contributed by atoms with Crippen molar-refractivity contribution in [3.63, 3.8) is 0 Å². The molecule has 2 aromatic heterocycles. The third-order valence-corrected chi connectivity index (χ3v) is 5.83. The van der Waals surface area contributed by atoms with Gasteiger partial charge in [-0.15, -0.1) is 10.2 Å². The zero-order valence-corrected chi connectivity index (χ0v) is 13.0. The van der Waals surface area contributed by atoms with Gasteiger partial charge < -0.3 is 0 Å². The van der Waals surface area contributed by atoms with Crippen molar-refractivity contribution in [2.24, 2.45) is 0 Å². The Kier molecular flexibility index (Phi) is 4.38. The molecule has 0 unspecified atom stereocenters. The van der Waals surface area contributed by atoms with Gasteiger partial charge in [-0.3, -0.25) is 0 Å². The number of fused-ring (bicyclic) bond motifs is 1. The predicted octanol–water partition coefficient (Wildman–Crippen LogP) is 3.88. The molecule has 0 spiro atoms. The molecule has 0 aliphatic heterocycles. The molecular formula is C13H20N4S2. The van der Waals surface area contributed by atoms with Crippen molar-refractivity contribution in [1.29, 1.82) is 0 Å². The maximum atomic E-state index is 4.77. The van der Waals surface area contributed by atoms with Crippen LogP contribution in [0.3, 0.4) is 0 Å². The van der Waals surface area contributed by atoms with Gasteiger partial charge in [0.25, 0.3) is 0 Å². The van der Waals surface area contributed by atoms with E-state index in [4.69, 9.17) is 5.10 Å². The van der Waals surface area contributed by atoms with Crippen molar-refractivity contribution in [3.8, 4) is 0 Å². The lowest BCUT2D eigenvalue weighted by Crippen LogP contribution is -2.05. The molecule has 1 aliphatic carbocycles. The largest absolute Gasteiger partial charge is 0.234 e. The Morgan fingerprint density at radius 3 is 2.89 bits per heavy atom. The minimum atomic E-state index is 0.664. The molecule has 0 atom stereocenters. The average molecular weight is 296 g/mol. The van der Waals surface area contributed by atoms with Crippen molar-refractivity contribution in [3.05, 3.63) is 10.8 Å². The van der Waals surface area contributed by atoms with Crippen LogP contribution in [0, 0.1) is 0 Å². The molecule has 0 bridgehead atoms. The number of hydrogen-bond donors (Lipinski definition) is 0. The lowest BCUT2D eigenvalue weighted by molar-refractivity contribution is 0.439. The second kappa shape index (κ2) is 6.22. The fourth-order valence-corrected chi connectivity index (χ4v) is 4.41. The maximum Gasteiger partial charge on any atom is 0.234 e. The Labute approximate surface area is 122 Å². The number of rotatable bonds is 5. The van der Waals surface area contributed by atoms with Gasteiger partial charge in [-0.25, -0.2) is 0 Å². The van der Waals surface area contributed by atoms with Crippen LogP contribution in [0.5, 0.6) is 0 Å². The van der Waals surface area contributed by atoms with Gasteiger partial charge in [-0.1, -0.05) is 37.5 Å². The molecule has 6 heteroatoms. The van der Waals surface area contributed by atoms with Gasteiger partial charge in [0.05, 0.1) is 5.75 Å². The Hall–Kier alpha value is -0.620. The van der Waals surface area contributed by atoms with Crippen LogP contribution >= 0.6 is 23.1 Å². The summed E-state index contributed by atoms with van der Waals surface area (Å²) in [6.45, 7) is 2.20. The monoisotopic (exact) mass is 296 g/mol. The van der Waals surface area contributed by atoms with Gasteiger partial charge in [0, 0.05) is 5.92 Å². The van der Waals surface area contributed by atoms with E-state index >= 15 is 0 Å². The van der Waals surface area contributed by atoms with Crippen molar-refractivity contribution in [1.82, 2.24) is 19.8 Å². The van der Waals surface area contributed by atoms with Gasteiger partial charge >= 0.3 is 0 Å². The van der Waals surface area contributed by atoms with Crippen LogP contribution in [0.4, 0.5) is 0 Å². The average Bonchev–Trinajstić information content (AvgIpc) is 3.02. The quantitative estimate of drug-likeness (QED) is 0.785. The smallest absolute Gasteiger partial charge is 0.186 e. The summed E-state index contributed by atoms with van der Waals surface area (Å²) in [6.07, 6.45) is 7.89. The van der Waals surface area contributed by atoms with Crippen LogP contribution in [0.25, 0.3) is 4.96 Å². The van der Waals surface area contributed by atoms with Crippen LogP contribution in [0.15, 0.2) is 0 Å². The van der Waals surface area contributed by atoms with E-state index in [2.05, 4.69) is 17.1 Å². The maximum absolute atomic E-state index is 4.77. The Morgan fingerprint density at radius 1 is 1.26 bits per heavy atom. The summed E-state index contributed by atoms with van der Waals surface area (Å²) in [7, 11) is 0. The molecule has 0 amide bonds. The zero-order valence-electron chi connectivity index (χ0n) is 11.3. The first-order valence-electron chi connectivity index (χ1n) is 7.17. The molecule has 2 heterocycles. The van der Waals surface area contributed by atoms with E-state index in [1.165, 1.54) is 49.3 Å². The standard InChI is InChI=1S/C13H20N4S2/c1-2-8-18-9-11-14-15-13-17(11)16-12(19-13)10-6-4-3-5-7-10/h10H,2-9H2,1H3. The number of hydrogen-bond acceptors (Lipinski definition) is 5. The summed E-state index contributed by atoms with van der Waals surface area (Å²) in [4.78, 5) is 0.965. The first-order valence-corrected chi connectivity index (χ1v) is 9.14. The number of nitrogens with zero attached hydrogens (tertiary/aromatic N) is 4. The van der Waals surface area contributed by atoms with Gasteiger partial charge in [-0.2, -0.15) is 21.4 Å². The van der Waals surface area contributed by atoms with Crippen LogP contribution in [0.1, 0.15) is 62.2 Å². The molecule has 0 saturated heterocycles. The van der Waals surface area contributed by atoms with Crippen LogP contribution in [0.2, 0.25) is 0 Å². The zero-order chi connectivity index (χ0) is 13.1. The molecule has 19 heavy (non-hydrogen) atoms. The van der Waals surface area contributed by atoms with Crippen LogP contribution < -0.4 is 0 Å². The molecule has 2 aromatic rings. The summed E-state index contributed by atoms with van der Waals surface area (Å²) in [5.41, 5.74) is 0. The normalized spacial score (nSPS) is 17.3. The molecule has 0 N–H and O–H groups in total. The molecule has 3 rings (SSSR count). The highest BCUT2D eigenvalue weighted by Gasteiger charge is 2.21. The summed E-state index contributed by atoms with van der Waals surface area (Å²) >= 11 is 3.64. The fourth-order valence-electron chi connectivity index (χ4n) is 2.58. The molecule has 4 nitrogen and oxygen atoms in total. The SMILES string of the molecule is CCCSCc1nnc2sc(C3CCCCC3)nn12. The van der Waals surface area contributed by atoms with E-state index in [0.717, 1.165) is 16.5 Å². The second-order valence-corrected chi connectivity index (χ2v) is 7.23. The summed E-state index contributed by atoms with van der Waals surface area (Å²) in [6, 6.07) is 0. The summed E-state index contributed by atoms with van der Waals surface area (Å²) in [5, 5.41) is 14.6. The van der Waals surface area contributed by atoms with Crippen LogP contribution in [-0.4, -0.2) is 25.6 Å². The first kappa shape index (κ1) is 13.4. The Balaban J connectivity index is 1.76. The van der Waals surface area contributed by atoms with Gasteiger partial charge in [0.15, 0.2) is 5.82 Å². The molecule has 104 valence electrons. The molecule has 1 saturated carbocycles. The van der Waals surface area contributed by atoms with Gasteiger partial charge in [0.2, 0.25) is 4.96 Å². The second-order valence-electron chi connectivity index (χ2n) is 5.14. The fraction of sp³-hybridized carbons (Fsp3) is 0.769. The van der Waals surface area contributed by atoms with Crippen LogP contribution in [-0.2, 0) is 5.75 Å². The van der Waals surface area contributed by atoms with Gasteiger partial charge in [-0.05, 0) is 25.0 Å². The molecule has 0 aromatic carbocycles.